The highest BCUT2D eigenvalue weighted by Gasteiger charge is 2.32. The van der Waals surface area contributed by atoms with Gasteiger partial charge < -0.3 is 18.9 Å². The molecular formula is C15H22O6. The van der Waals surface area contributed by atoms with E-state index in [0.717, 1.165) is 0 Å². The largest absolute Gasteiger partial charge is 0.463 e. The van der Waals surface area contributed by atoms with E-state index in [4.69, 9.17) is 18.9 Å². The van der Waals surface area contributed by atoms with Gasteiger partial charge in [-0.3, -0.25) is 9.59 Å². The van der Waals surface area contributed by atoms with Crippen LogP contribution in [0.25, 0.3) is 0 Å². The van der Waals surface area contributed by atoms with Crippen LogP contribution in [0, 0.1) is 0 Å². The van der Waals surface area contributed by atoms with Crippen molar-refractivity contribution < 1.29 is 28.5 Å². The van der Waals surface area contributed by atoms with E-state index >= 15 is 0 Å². The Kier molecular flexibility index (Phi) is 6.11. The highest BCUT2D eigenvalue weighted by molar-refractivity contribution is 5.66. The molecule has 1 aliphatic heterocycles. The van der Waals surface area contributed by atoms with Crippen molar-refractivity contribution in [3.05, 3.63) is 24.8 Å². The maximum absolute atomic E-state index is 11.1. The third-order valence-electron chi connectivity index (χ3n) is 2.80. The molecule has 0 saturated heterocycles. The van der Waals surface area contributed by atoms with E-state index in [2.05, 4.69) is 6.58 Å². The summed E-state index contributed by atoms with van der Waals surface area (Å²) in [6.07, 6.45) is 3.11. The van der Waals surface area contributed by atoms with Gasteiger partial charge in [0.05, 0.1) is 5.60 Å². The number of ether oxygens (including phenoxy) is 4. The van der Waals surface area contributed by atoms with E-state index in [1.54, 1.807) is 18.2 Å². The van der Waals surface area contributed by atoms with Crippen LogP contribution in [0.15, 0.2) is 24.8 Å². The van der Waals surface area contributed by atoms with Gasteiger partial charge >= 0.3 is 11.9 Å². The standard InChI is InChI=1S/C15H22O6/c1-6-15(4,5)21-14-8-7-12(19-11(3)17)13(20-14)9-18-10(2)16/h6-8,12-14H,1,9H2,2-5H3/t12-,13+,14?/m0/s1. The predicted octanol–water partition coefficient (Wildman–Crippen LogP) is 1.74. The van der Waals surface area contributed by atoms with Gasteiger partial charge in [-0.1, -0.05) is 6.08 Å². The van der Waals surface area contributed by atoms with Crippen molar-refractivity contribution in [2.24, 2.45) is 0 Å². The van der Waals surface area contributed by atoms with Crippen molar-refractivity contribution in [1.29, 1.82) is 0 Å². The van der Waals surface area contributed by atoms with Crippen molar-refractivity contribution in [2.45, 2.75) is 51.8 Å². The van der Waals surface area contributed by atoms with Crippen LogP contribution in [0.3, 0.4) is 0 Å². The third kappa shape index (κ3) is 6.10. The fourth-order valence-electron chi connectivity index (χ4n) is 1.67. The minimum Gasteiger partial charge on any atom is -0.463 e. The molecule has 0 aromatic heterocycles. The highest BCUT2D eigenvalue weighted by atomic mass is 16.7. The van der Waals surface area contributed by atoms with Crippen molar-refractivity contribution in [3.63, 3.8) is 0 Å². The molecule has 0 fully saturated rings. The van der Waals surface area contributed by atoms with Gasteiger partial charge in [0.1, 0.15) is 18.8 Å². The fourth-order valence-corrected chi connectivity index (χ4v) is 1.67. The highest BCUT2D eigenvalue weighted by Crippen LogP contribution is 2.22. The fraction of sp³-hybridized carbons (Fsp3) is 0.600. The van der Waals surface area contributed by atoms with Crippen LogP contribution in [-0.4, -0.2) is 42.6 Å². The molecule has 118 valence electrons. The van der Waals surface area contributed by atoms with Gasteiger partial charge in [0.15, 0.2) is 6.29 Å². The lowest BCUT2D eigenvalue weighted by Crippen LogP contribution is -2.44. The predicted molar refractivity (Wildman–Crippen MR) is 75.3 cm³/mol. The molecule has 6 nitrogen and oxygen atoms in total. The first kappa shape index (κ1) is 17.4. The van der Waals surface area contributed by atoms with E-state index in [0.29, 0.717) is 0 Å². The zero-order valence-corrected chi connectivity index (χ0v) is 12.8. The minimum atomic E-state index is -0.634. The maximum Gasteiger partial charge on any atom is 0.303 e. The first-order valence-corrected chi connectivity index (χ1v) is 6.69. The smallest absolute Gasteiger partial charge is 0.303 e. The lowest BCUT2D eigenvalue weighted by atomic mass is 10.1. The van der Waals surface area contributed by atoms with Gasteiger partial charge in [0.2, 0.25) is 0 Å². The van der Waals surface area contributed by atoms with E-state index in [-0.39, 0.29) is 6.61 Å². The Bertz CT molecular complexity index is 426. The number of carbonyl (C=O) groups excluding carboxylic acids is 2. The summed E-state index contributed by atoms with van der Waals surface area (Å²) < 4.78 is 21.4. The topological polar surface area (TPSA) is 71.1 Å². The second kappa shape index (κ2) is 7.38. The molecule has 0 radical (unpaired) electrons. The Hall–Kier alpha value is -1.66. The molecule has 21 heavy (non-hydrogen) atoms. The van der Waals surface area contributed by atoms with Crippen LogP contribution >= 0.6 is 0 Å². The molecule has 0 spiro atoms. The first-order valence-electron chi connectivity index (χ1n) is 6.69. The summed E-state index contributed by atoms with van der Waals surface area (Å²) in [6.45, 7) is 9.96. The van der Waals surface area contributed by atoms with Crippen LogP contribution in [0.2, 0.25) is 0 Å². The molecular weight excluding hydrogens is 276 g/mol. The minimum absolute atomic E-state index is 0.0218. The van der Waals surface area contributed by atoms with Gasteiger partial charge in [-0.25, -0.2) is 0 Å². The summed E-state index contributed by atoms with van der Waals surface area (Å²) in [6, 6.07) is 0. The van der Waals surface area contributed by atoms with Gasteiger partial charge in [-0.15, -0.1) is 6.58 Å². The van der Waals surface area contributed by atoms with Crippen LogP contribution < -0.4 is 0 Å². The number of carbonyl (C=O) groups is 2. The quantitative estimate of drug-likeness (QED) is 0.549. The Balaban J connectivity index is 2.75. The molecule has 1 aliphatic rings. The molecule has 6 heteroatoms. The molecule has 0 amide bonds. The second-order valence-corrected chi connectivity index (χ2v) is 5.23. The summed E-state index contributed by atoms with van der Waals surface area (Å²) in [4.78, 5) is 22.0. The summed E-state index contributed by atoms with van der Waals surface area (Å²) >= 11 is 0. The second-order valence-electron chi connectivity index (χ2n) is 5.23. The number of esters is 2. The lowest BCUT2D eigenvalue weighted by molar-refractivity contribution is -0.217. The molecule has 0 aromatic carbocycles. The van der Waals surface area contributed by atoms with Gasteiger partial charge in [0.25, 0.3) is 0 Å². The van der Waals surface area contributed by atoms with Crippen LogP contribution in [0.4, 0.5) is 0 Å². The van der Waals surface area contributed by atoms with E-state index in [9.17, 15) is 9.59 Å². The van der Waals surface area contributed by atoms with Gasteiger partial charge in [0, 0.05) is 13.8 Å². The average Bonchev–Trinajstić information content (AvgIpc) is 2.38. The van der Waals surface area contributed by atoms with Crippen molar-refractivity contribution in [1.82, 2.24) is 0 Å². The Labute approximate surface area is 124 Å². The van der Waals surface area contributed by atoms with Crippen LogP contribution in [0.1, 0.15) is 27.7 Å². The zero-order valence-electron chi connectivity index (χ0n) is 12.8. The molecule has 0 N–H and O–H groups in total. The lowest BCUT2D eigenvalue weighted by Gasteiger charge is -2.34. The van der Waals surface area contributed by atoms with Gasteiger partial charge in [-0.2, -0.15) is 0 Å². The molecule has 0 aromatic rings. The van der Waals surface area contributed by atoms with E-state index in [1.807, 2.05) is 13.8 Å². The van der Waals surface area contributed by atoms with Crippen molar-refractivity contribution in [3.8, 4) is 0 Å². The summed E-state index contributed by atoms with van der Waals surface area (Å²) in [5.74, 6) is -0.870. The molecule has 0 bridgehead atoms. The van der Waals surface area contributed by atoms with Crippen molar-refractivity contribution >= 4 is 11.9 Å². The first-order chi connectivity index (χ1) is 9.73. The van der Waals surface area contributed by atoms with Crippen LogP contribution in [-0.2, 0) is 28.5 Å². The molecule has 0 aliphatic carbocycles. The Morgan fingerprint density at radius 2 is 1.95 bits per heavy atom. The van der Waals surface area contributed by atoms with Crippen molar-refractivity contribution in [2.75, 3.05) is 6.61 Å². The number of hydrogen-bond donors (Lipinski definition) is 0. The number of hydrogen-bond acceptors (Lipinski definition) is 6. The molecule has 1 unspecified atom stereocenters. The molecule has 0 saturated carbocycles. The summed E-state index contributed by atoms with van der Waals surface area (Å²) in [7, 11) is 0. The number of rotatable bonds is 6. The SMILES string of the molecule is C=CC(C)(C)OC1C=C[C@H](OC(C)=O)[C@@H](COC(C)=O)O1. The zero-order chi connectivity index (χ0) is 16.0. The summed E-state index contributed by atoms with van der Waals surface area (Å²) in [5.41, 5.74) is -0.574. The third-order valence-corrected chi connectivity index (χ3v) is 2.80. The maximum atomic E-state index is 11.1. The Morgan fingerprint density at radius 1 is 1.29 bits per heavy atom. The average molecular weight is 298 g/mol. The van der Waals surface area contributed by atoms with Crippen LogP contribution in [0.5, 0.6) is 0 Å². The molecule has 3 atom stereocenters. The molecule has 1 heterocycles. The monoisotopic (exact) mass is 298 g/mol. The normalized spacial score (nSPS) is 25.2. The molecule has 1 rings (SSSR count). The Morgan fingerprint density at radius 3 is 2.48 bits per heavy atom. The van der Waals surface area contributed by atoms with E-state index in [1.165, 1.54) is 13.8 Å². The summed E-state index contributed by atoms with van der Waals surface area (Å²) in [5, 5.41) is 0. The van der Waals surface area contributed by atoms with Gasteiger partial charge in [-0.05, 0) is 26.0 Å². The van der Waals surface area contributed by atoms with E-state index < -0.39 is 36.0 Å².